The van der Waals surface area contributed by atoms with Gasteiger partial charge in [-0.3, -0.25) is 4.79 Å². The van der Waals surface area contributed by atoms with Gasteiger partial charge in [-0.25, -0.2) is 4.39 Å². The summed E-state index contributed by atoms with van der Waals surface area (Å²) in [6, 6.07) is 9.96. The van der Waals surface area contributed by atoms with Crippen molar-refractivity contribution in [1.82, 2.24) is 5.32 Å². The molecule has 8 heteroatoms. The molecule has 0 aliphatic rings. The third-order valence-corrected chi connectivity index (χ3v) is 3.39. The Hall–Kier alpha value is -3.08. The number of rotatable bonds is 6. The number of nitriles is 1. The van der Waals surface area contributed by atoms with E-state index in [-0.39, 0.29) is 18.6 Å². The van der Waals surface area contributed by atoms with Crippen LogP contribution in [0.4, 0.5) is 17.6 Å². The molecule has 1 N–H and O–H groups in total. The number of carbonyl (C=O) groups excluding carboxylic acids is 1. The molecular formula is C18H14F4N2O2. The van der Waals surface area contributed by atoms with Crippen LogP contribution in [0.25, 0.3) is 0 Å². The van der Waals surface area contributed by atoms with Gasteiger partial charge in [-0.1, -0.05) is 12.1 Å². The number of alkyl halides is 3. The highest BCUT2D eigenvalue weighted by Crippen LogP contribution is 2.30. The molecule has 1 amide bonds. The maximum atomic E-state index is 12.8. The summed E-state index contributed by atoms with van der Waals surface area (Å²) in [5.74, 6) is -0.613. The maximum Gasteiger partial charge on any atom is 0.416 e. The van der Waals surface area contributed by atoms with Gasteiger partial charge in [-0.2, -0.15) is 18.4 Å². The van der Waals surface area contributed by atoms with Crippen molar-refractivity contribution in [2.75, 3.05) is 6.61 Å². The average molecular weight is 366 g/mol. The second kappa shape index (κ2) is 8.34. The van der Waals surface area contributed by atoms with Crippen LogP contribution in [0, 0.1) is 17.1 Å². The van der Waals surface area contributed by atoms with Crippen LogP contribution in [0.1, 0.15) is 23.6 Å². The Kier molecular flexibility index (Phi) is 6.17. The van der Waals surface area contributed by atoms with Crippen molar-refractivity contribution >= 4 is 5.91 Å². The number of benzene rings is 2. The number of hydrogen-bond acceptors (Lipinski definition) is 3. The zero-order chi connectivity index (χ0) is 19.2. The molecule has 4 nitrogen and oxygen atoms in total. The van der Waals surface area contributed by atoms with Crippen LogP contribution in [-0.4, -0.2) is 12.5 Å². The van der Waals surface area contributed by atoms with Crippen molar-refractivity contribution in [2.45, 2.75) is 18.6 Å². The predicted molar refractivity (Wildman–Crippen MR) is 84.5 cm³/mol. The lowest BCUT2D eigenvalue weighted by Gasteiger charge is -2.14. The van der Waals surface area contributed by atoms with E-state index in [1.165, 1.54) is 36.4 Å². The Balaban J connectivity index is 1.92. The molecule has 2 aromatic carbocycles. The molecule has 136 valence electrons. The lowest BCUT2D eigenvalue weighted by molar-refractivity contribution is -0.137. The van der Waals surface area contributed by atoms with Gasteiger partial charge in [0.1, 0.15) is 17.6 Å². The van der Waals surface area contributed by atoms with E-state index in [4.69, 9.17) is 10.00 Å². The summed E-state index contributed by atoms with van der Waals surface area (Å²) in [7, 11) is 0. The molecule has 0 saturated carbocycles. The summed E-state index contributed by atoms with van der Waals surface area (Å²) >= 11 is 0. The molecule has 0 aliphatic heterocycles. The van der Waals surface area contributed by atoms with Crippen molar-refractivity contribution in [3.8, 4) is 11.8 Å². The van der Waals surface area contributed by atoms with E-state index in [1.54, 1.807) is 6.07 Å². The van der Waals surface area contributed by atoms with Crippen molar-refractivity contribution in [3.05, 3.63) is 65.5 Å². The van der Waals surface area contributed by atoms with Crippen LogP contribution in [-0.2, 0) is 11.0 Å². The molecule has 2 rings (SSSR count). The molecule has 0 aromatic heterocycles. The van der Waals surface area contributed by atoms with E-state index in [0.29, 0.717) is 5.75 Å². The molecule has 0 aliphatic carbocycles. The number of ether oxygens (including phenoxy) is 1. The third kappa shape index (κ3) is 5.48. The first-order valence-corrected chi connectivity index (χ1v) is 7.54. The zero-order valence-corrected chi connectivity index (χ0v) is 13.4. The van der Waals surface area contributed by atoms with Gasteiger partial charge in [-0.15, -0.1) is 0 Å². The summed E-state index contributed by atoms with van der Waals surface area (Å²) in [6.45, 7) is -0.0296. The van der Waals surface area contributed by atoms with E-state index in [0.717, 1.165) is 12.1 Å². The standard InChI is InChI=1S/C18H14F4N2O2/c19-14-4-6-15(7-5-14)26-9-8-17(25)24-16(11-23)12-2-1-3-13(10-12)18(20,21)22/h1-7,10,16H,8-9H2,(H,24,25). The van der Waals surface area contributed by atoms with Crippen LogP contribution in [0.5, 0.6) is 5.75 Å². The van der Waals surface area contributed by atoms with Gasteiger partial charge in [0.15, 0.2) is 0 Å². The molecule has 0 fully saturated rings. The summed E-state index contributed by atoms with van der Waals surface area (Å²) in [5.41, 5.74) is -0.862. The molecule has 0 heterocycles. The van der Waals surface area contributed by atoms with E-state index in [1.807, 2.05) is 0 Å². The fourth-order valence-electron chi connectivity index (χ4n) is 2.11. The van der Waals surface area contributed by atoms with Gasteiger partial charge in [-0.05, 0) is 42.0 Å². The van der Waals surface area contributed by atoms with E-state index < -0.39 is 29.5 Å². The van der Waals surface area contributed by atoms with Crippen LogP contribution in [0.3, 0.4) is 0 Å². The minimum absolute atomic E-state index is 0.0296. The Morgan fingerprint density at radius 2 is 1.88 bits per heavy atom. The Bertz CT molecular complexity index is 798. The number of nitrogens with one attached hydrogen (secondary N) is 1. The van der Waals surface area contributed by atoms with Crippen LogP contribution in [0.2, 0.25) is 0 Å². The number of carbonyl (C=O) groups is 1. The first-order chi connectivity index (χ1) is 12.3. The molecule has 2 aromatic rings. The minimum atomic E-state index is -4.54. The fraction of sp³-hybridized carbons (Fsp3) is 0.222. The molecule has 1 atom stereocenters. The topological polar surface area (TPSA) is 62.1 Å². The molecule has 0 radical (unpaired) electrons. The van der Waals surface area contributed by atoms with Crippen LogP contribution < -0.4 is 10.1 Å². The normalized spacial score (nSPS) is 12.1. The van der Waals surface area contributed by atoms with Gasteiger partial charge in [0.25, 0.3) is 0 Å². The van der Waals surface area contributed by atoms with Crippen molar-refractivity contribution in [1.29, 1.82) is 5.26 Å². The van der Waals surface area contributed by atoms with E-state index >= 15 is 0 Å². The maximum absolute atomic E-state index is 12.8. The summed E-state index contributed by atoms with van der Waals surface area (Å²) in [5, 5.41) is 11.5. The lowest BCUT2D eigenvalue weighted by atomic mass is 10.0. The quantitative estimate of drug-likeness (QED) is 0.787. The molecule has 0 saturated heterocycles. The van der Waals surface area contributed by atoms with Crippen molar-refractivity contribution < 1.29 is 27.1 Å². The van der Waals surface area contributed by atoms with E-state index in [2.05, 4.69) is 5.32 Å². The van der Waals surface area contributed by atoms with Gasteiger partial charge in [0, 0.05) is 0 Å². The Labute approximate surface area is 147 Å². The molecule has 26 heavy (non-hydrogen) atoms. The number of nitrogens with zero attached hydrogens (tertiary/aromatic N) is 1. The van der Waals surface area contributed by atoms with Gasteiger partial charge in [0.2, 0.25) is 5.91 Å². The minimum Gasteiger partial charge on any atom is -0.493 e. The highest BCUT2D eigenvalue weighted by Gasteiger charge is 2.31. The summed E-state index contributed by atoms with van der Waals surface area (Å²) in [6.07, 6.45) is -4.66. The molecule has 1 unspecified atom stereocenters. The SMILES string of the molecule is N#CC(NC(=O)CCOc1ccc(F)cc1)c1cccc(C(F)(F)F)c1. The van der Waals surface area contributed by atoms with E-state index in [9.17, 15) is 22.4 Å². The number of amides is 1. The molecular weight excluding hydrogens is 352 g/mol. The highest BCUT2D eigenvalue weighted by molar-refractivity contribution is 5.77. The fourth-order valence-corrected chi connectivity index (χ4v) is 2.11. The Morgan fingerprint density at radius 1 is 1.19 bits per heavy atom. The molecule has 0 spiro atoms. The first-order valence-electron chi connectivity index (χ1n) is 7.54. The smallest absolute Gasteiger partial charge is 0.416 e. The molecule has 0 bridgehead atoms. The van der Waals surface area contributed by atoms with Crippen LogP contribution in [0.15, 0.2) is 48.5 Å². The van der Waals surface area contributed by atoms with Gasteiger partial charge >= 0.3 is 6.18 Å². The zero-order valence-electron chi connectivity index (χ0n) is 13.4. The number of hydrogen-bond donors (Lipinski definition) is 1. The third-order valence-electron chi connectivity index (χ3n) is 3.39. The highest BCUT2D eigenvalue weighted by atomic mass is 19.4. The Morgan fingerprint density at radius 3 is 2.50 bits per heavy atom. The largest absolute Gasteiger partial charge is 0.493 e. The monoisotopic (exact) mass is 366 g/mol. The lowest BCUT2D eigenvalue weighted by Crippen LogP contribution is -2.29. The second-order valence-electron chi connectivity index (χ2n) is 5.31. The number of halogens is 4. The second-order valence-corrected chi connectivity index (χ2v) is 5.31. The van der Waals surface area contributed by atoms with Crippen LogP contribution >= 0.6 is 0 Å². The summed E-state index contributed by atoms with van der Waals surface area (Å²) < 4.78 is 56.2. The predicted octanol–water partition coefficient (Wildman–Crippen LogP) is 3.99. The average Bonchev–Trinajstić information content (AvgIpc) is 2.61. The van der Waals surface area contributed by atoms with Gasteiger partial charge in [0.05, 0.1) is 24.7 Å². The summed E-state index contributed by atoms with van der Waals surface area (Å²) in [4.78, 5) is 11.9. The van der Waals surface area contributed by atoms with Gasteiger partial charge < -0.3 is 10.1 Å². The van der Waals surface area contributed by atoms with Crippen molar-refractivity contribution in [3.63, 3.8) is 0 Å². The van der Waals surface area contributed by atoms with Crippen molar-refractivity contribution in [2.24, 2.45) is 0 Å². The first kappa shape index (κ1) is 19.2.